The predicted octanol–water partition coefficient (Wildman–Crippen LogP) is 2.36. The van der Waals surface area contributed by atoms with Gasteiger partial charge >= 0.3 is 0 Å². The van der Waals surface area contributed by atoms with Crippen molar-refractivity contribution in [2.75, 3.05) is 13.1 Å². The van der Waals surface area contributed by atoms with Crippen molar-refractivity contribution in [1.29, 1.82) is 0 Å². The van der Waals surface area contributed by atoms with Gasteiger partial charge in [0.05, 0.1) is 0 Å². The molecule has 0 aromatic carbocycles. The molecule has 2 heterocycles. The van der Waals surface area contributed by atoms with Gasteiger partial charge in [-0.1, -0.05) is 6.42 Å². The lowest BCUT2D eigenvalue weighted by molar-refractivity contribution is 0.221. The minimum absolute atomic E-state index is 0.225. The Labute approximate surface area is 114 Å². The number of aryl methyl sites for hydroxylation is 1. The van der Waals surface area contributed by atoms with E-state index in [1.807, 2.05) is 6.20 Å². The maximum Gasteiger partial charge on any atom is 0.108 e. The van der Waals surface area contributed by atoms with Crippen molar-refractivity contribution in [2.45, 2.75) is 38.6 Å². The zero-order valence-corrected chi connectivity index (χ0v) is 11.4. The highest BCUT2D eigenvalue weighted by molar-refractivity contribution is 5.17. The van der Waals surface area contributed by atoms with Crippen LogP contribution in [-0.4, -0.2) is 28.1 Å². The number of likely N-dealkylation sites (tertiary alicyclic amines) is 1. The topological polar surface area (TPSA) is 62.4 Å². The van der Waals surface area contributed by atoms with Crippen LogP contribution in [0.15, 0.2) is 30.3 Å². The van der Waals surface area contributed by atoms with E-state index in [4.69, 9.17) is 5.73 Å². The van der Waals surface area contributed by atoms with Gasteiger partial charge in [0, 0.05) is 31.1 Å². The monoisotopic (exact) mass is 261 g/mol. The normalized spacial score (nSPS) is 17.6. The Morgan fingerprint density at radius 1 is 1.37 bits per heavy atom. The molecule has 0 radical (unpaired) electrons. The Balaban J connectivity index is 1.90. The molecule has 0 bridgehead atoms. The first-order valence-electron chi connectivity index (χ1n) is 7.04. The first-order valence-corrected chi connectivity index (χ1v) is 7.04. The van der Waals surface area contributed by atoms with Crippen LogP contribution in [-0.2, 0) is 13.0 Å². The maximum absolute atomic E-state index is 9.35. The summed E-state index contributed by atoms with van der Waals surface area (Å²) in [6.07, 6.45) is 8.38. The first-order chi connectivity index (χ1) is 9.28. The Morgan fingerprint density at radius 2 is 2.16 bits per heavy atom. The molecule has 0 aliphatic carbocycles. The first kappa shape index (κ1) is 13.9. The molecule has 4 heteroatoms. The van der Waals surface area contributed by atoms with Crippen LogP contribution in [0.25, 0.3) is 0 Å². The van der Waals surface area contributed by atoms with E-state index in [2.05, 4.69) is 22.0 Å². The van der Waals surface area contributed by atoms with Gasteiger partial charge in [0.2, 0.25) is 0 Å². The summed E-state index contributed by atoms with van der Waals surface area (Å²) in [5.74, 6) is 0.225. The molecule has 1 saturated heterocycles. The molecule has 2 rings (SSSR count). The summed E-state index contributed by atoms with van der Waals surface area (Å²) in [6.45, 7) is 3.41. The molecule has 0 saturated carbocycles. The smallest absolute Gasteiger partial charge is 0.108 e. The molecule has 104 valence electrons. The standard InChI is InChI=1S/C15H23N3O/c16-11-15(19)5-4-14-10-13(6-7-17-14)12-18-8-2-1-3-9-18/h6-7,10-11,19H,1-5,8-9,12,16H2/b15-11-. The minimum atomic E-state index is 0.225. The fourth-order valence-electron chi connectivity index (χ4n) is 2.48. The zero-order valence-electron chi connectivity index (χ0n) is 11.4. The molecule has 19 heavy (non-hydrogen) atoms. The van der Waals surface area contributed by atoms with Crippen molar-refractivity contribution < 1.29 is 5.11 Å². The quantitative estimate of drug-likeness (QED) is 0.799. The van der Waals surface area contributed by atoms with Crippen molar-refractivity contribution >= 4 is 0 Å². The molecule has 1 aromatic rings. The van der Waals surface area contributed by atoms with E-state index in [0.717, 1.165) is 18.7 Å². The number of aliphatic hydroxyl groups excluding tert-OH is 1. The van der Waals surface area contributed by atoms with Crippen LogP contribution in [0.4, 0.5) is 0 Å². The Bertz CT molecular complexity index is 425. The summed E-state index contributed by atoms with van der Waals surface area (Å²) in [7, 11) is 0. The van der Waals surface area contributed by atoms with Crippen molar-refractivity contribution in [3.8, 4) is 0 Å². The minimum Gasteiger partial charge on any atom is -0.511 e. The Kier molecular flexibility index (Phi) is 5.21. The average molecular weight is 261 g/mol. The molecule has 3 N–H and O–H groups in total. The highest BCUT2D eigenvalue weighted by Crippen LogP contribution is 2.14. The second-order valence-corrected chi connectivity index (χ2v) is 5.15. The van der Waals surface area contributed by atoms with Gasteiger partial charge < -0.3 is 10.8 Å². The van der Waals surface area contributed by atoms with Crippen LogP contribution in [0.2, 0.25) is 0 Å². The predicted molar refractivity (Wildman–Crippen MR) is 76.6 cm³/mol. The van der Waals surface area contributed by atoms with E-state index in [1.54, 1.807) is 0 Å². The van der Waals surface area contributed by atoms with E-state index in [1.165, 1.54) is 44.1 Å². The van der Waals surface area contributed by atoms with E-state index in [0.29, 0.717) is 6.42 Å². The van der Waals surface area contributed by atoms with Gasteiger partial charge in [0.15, 0.2) is 0 Å². The van der Waals surface area contributed by atoms with Gasteiger partial charge in [-0.2, -0.15) is 0 Å². The van der Waals surface area contributed by atoms with E-state index >= 15 is 0 Å². The lowest BCUT2D eigenvalue weighted by Crippen LogP contribution is -2.29. The number of hydrogen-bond acceptors (Lipinski definition) is 4. The number of nitrogens with zero attached hydrogens (tertiary/aromatic N) is 2. The lowest BCUT2D eigenvalue weighted by Gasteiger charge is -2.26. The second kappa shape index (κ2) is 7.14. The summed E-state index contributed by atoms with van der Waals surface area (Å²) < 4.78 is 0. The maximum atomic E-state index is 9.35. The molecular weight excluding hydrogens is 238 g/mol. The third-order valence-corrected chi connectivity index (χ3v) is 3.57. The highest BCUT2D eigenvalue weighted by Gasteiger charge is 2.10. The third kappa shape index (κ3) is 4.56. The molecule has 0 spiro atoms. The van der Waals surface area contributed by atoms with Gasteiger partial charge in [0.1, 0.15) is 5.76 Å². The number of hydrogen-bond donors (Lipinski definition) is 2. The molecule has 1 aromatic heterocycles. The van der Waals surface area contributed by atoms with Crippen LogP contribution in [0.1, 0.15) is 36.9 Å². The molecule has 4 nitrogen and oxygen atoms in total. The molecule has 1 aliphatic heterocycles. The van der Waals surface area contributed by atoms with Crippen LogP contribution < -0.4 is 5.73 Å². The van der Waals surface area contributed by atoms with Gasteiger partial charge in [-0.3, -0.25) is 9.88 Å². The SMILES string of the molecule is N/C=C(\O)CCc1cc(CN2CCCCC2)ccn1. The van der Waals surface area contributed by atoms with Crippen LogP contribution in [0.5, 0.6) is 0 Å². The van der Waals surface area contributed by atoms with E-state index in [-0.39, 0.29) is 5.76 Å². The number of aliphatic hydroxyl groups is 1. The van der Waals surface area contributed by atoms with Crippen LogP contribution in [0.3, 0.4) is 0 Å². The summed E-state index contributed by atoms with van der Waals surface area (Å²) in [5.41, 5.74) is 7.58. The van der Waals surface area contributed by atoms with Gasteiger partial charge in [-0.05, 0) is 50.0 Å². The summed E-state index contributed by atoms with van der Waals surface area (Å²) in [6, 6.07) is 4.22. The number of rotatable bonds is 5. The molecule has 0 atom stereocenters. The lowest BCUT2D eigenvalue weighted by atomic mass is 10.1. The number of nitrogens with two attached hydrogens (primary N) is 1. The molecule has 0 amide bonds. The highest BCUT2D eigenvalue weighted by atomic mass is 16.3. The molecular formula is C15H23N3O. The number of aromatic nitrogens is 1. The Hall–Kier alpha value is -1.55. The molecule has 1 fully saturated rings. The second-order valence-electron chi connectivity index (χ2n) is 5.15. The van der Waals surface area contributed by atoms with Crippen molar-refractivity contribution in [3.63, 3.8) is 0 Å². The third-order valence-electron chi connectivity index (χ3n) is 3.57. The number of allylic oxidation sites excluding steroid dienone is 1. The summed E-state index contributed by atoms with van der Waals surface area (Å²) in [4.78, 5) is 6.84. The van der Waals surface area contributed by atoms with Crippen molar-refractivity contribution in [1.82, 2.24) is 9.88 Å². The van der Waals surface area contributed by atoms with Crippen LogP contribution in [0, 0.1) is 0 Å². The largest absolute Gasteiger partial charge is 0.511 e. The molecule has 1 aliphatic rings. The van der Waals surface area contributed by atoms with E-state index < -0.39 is 0 Å². The summed E-state index contributed by atoms with van der Waals surface area (Å²) in [5, 5.41) is 9.35. The fraction of sp³-hybridized carbons (Fsp3) is 0.533. The zero-order chi connectivity index (χ0) is 13.5. The Morgan fingerprint density at radius 3 is 2.89 bits per heavy atom. The van der Waals surface area contributed by atoms with Gasteiger partial charge in [-0.25, -0.2) is 0 Å². The van der Waals surface area contributed by atoms with Crippen LogP contribution >= 0.6 is 0 Å². The molecule has 0 unspecified atom stereocenters. The fourth-order valence-corrected chi connectivity index (χ4v) is 2.48. The summed E-state index contributed by atoms with van der Waals surface area (Å²) >= 11 is 0. The van der Waals surface area contributed by atoms with Gasteiger partial charge in [-0.15, -0.1) is 0 Å². The van der Waals surface area contributed by atoms with Gasteiger partial charge in [0.25, 0.3) is 0 Å². The number of pyridine rings is 1. The van der Waals surface area contributed by atoms with Crippen molar-refractivity contribution in [2.24, 2.45) is 5.73 Å². The number of piperidine rings is 1. The van der Waals surface area contributed by atoms with E-state index in [9.17, 15) is 5.11 Å². The average Bonchev–Trinajstić information content (AvgIpc) is 2.46. The van der Waals surface area contributed by atoms with Crippen molar-refractivity contribution in [3.05, 3.63) is 41.5 Å².